The number of carbonyl (C=O) groups excluding carboxylic acids is 1. The van der Waals surface area contributed by atoms with Gasteiger partial charge in [-0.2, -0.15) is 13.2 Å². The van der Waals surface area contributed by atoms with Gasteiger partial charge in [0.15, 0.2) is 5.82 Å². The molecular weight excluding hydrogens is 347 g/mol. The summed E-state index contributed by atoms with van der Waals surface area (Å²) in [4.78, 5) is 15.2. The summed E-state index contributed by atoms with van der Waals surface area (Å²) in [6.07, 6.45) is -3.95. The third kappa shape index (κ3) is 3.18. The monoisotopic (exact) mass is 365 g/mol. The van der Waals surface area contributed by atoms with Crippen LogP contribution in [0.15, 0.2) is 30.3 Å². The molecule has 3 heterocycles. The maximum atomic E-state index is 12.6. The standard InChI is InChI=1S/C17H18F3N5O/c18-17(19,20)11-24-7-6-13(16(24)26)23-8-9-25-14(10-23)21-22-15(25)12-4-2-1-3-5-12/h1-5,13H,6-11H2. The Kier molecular flexibility index (Phi) is 4.18. The lowest BCUT2D eigenvalue weighted by Crippen LogP contribution is -2.46. The largest absolute Gasteiger partial charge is 0.406 e. The Labute approximate surface area is 148 Å². The van der Waals surface area contributed by atoms with Gasteiger partial charge >= 0.3 is 6.18 Å². The van der Waals surface area contributed by atoms with E-state index in [0.29, 0.717) is 26.1 Å². The zero-order valence-corrected chi connectivity index (χ0v) is 14.0. The Hall–Kier alpha value is -2.42. The van der Waals surface area contributed by atoms with E-state index in [2.05, 4.69) is 10.2 Å². The molecule has 1 fully saturated rings. The van der Waals surface area contributed by atoms with Crippen molar-refractivity contribution in [1.82, 2.24) is 24.6 Å². The molecule has 1 aromatic heterocycles. The van der Waals surface area contributed by atoms with Crippen molar-refractivity contribution in [2.24, 2.45) is 0 Å². The number of likely N-dealkylation sites (tertiary alicyclic amines) is 1. The SMILES string of the molecule is O=C1C(N2CCn3c(nnc3-c3ccccc3)C2)CCN1CC(F)(F)F. The van der Waals surface area contributed by atoms with Crippen LogP contribution in [-0.4, -0.2) is 62.3 Å². The number of rotatable bonds is 3. The number of aromatic nitrogens is 3. The summed E-state index contributed by atoms with van der Waals surface area (Å²) in [5, 5.41) is 8.48. The highest BCUT2D eigenvalue weighted by Crippen LogP contribution is 2.27. The van der Waals surface area contributed by atoms with Crippen molar-refractivity contribution in [2.75, 3.05) is 19.6 Å². The minimum absolute atomic E-state index is 0.140. The van der Waals surface area contributed by atoms with Gasteiger partial charge in [0, 0.05) is 25.2 Å². The number of fused-ring (bicyclic) bond motifs is 1. The summed E-state index contributed by atoms with van der Waals surface area (Å²) in [5.74, 6) is 1.06. The summed E-state index contributed by atoms with van der Waals surface area (Å²) in [6, 6.07) is 9.19. The van der Waals surface area contributed by atoms with E-state index in [9.17, 15) is 18.0 Å². The lowest BCUT2D eigenvalue weighted by molar-refractivity contribution is -0.159. The molecule has 0 spiro atoms. The van der Waals surface area contributed by atoms with Gasteiger partial charge in [0.05, 0.1) is 12.6 Å². The molecule has 1 aromatic carbocycles. The molecule has 1 unspecified atom stereocenters. The van der Waals surface area contributed by atoms with Crippen molar-refractivity contribution >= 4 is 5.91 Å². The first-order valence-corrected chi connectivity index (χ1v) is 8.49. The first-order valence-electron chi connectivity index (χ1n) is 8.49. The topological polar surface area (TPSA) is 54.3 Å². The zero-order valence-electron chi connectivity index (χ0n) is 14.0. The molecule has 0 radical (unpaired) electrons. The van der Waals surface area contributed by atoms with Crippen LogP contribution in [0.25, 0.3) is 11.4 Å². The van der Waals surface area contributed by atoms with Crippen molar-refractivity contribution in [3.05, 3.63) is 36.2 Å². The van der Waals surface area contributed by atoms with Gasteiger partial charge in [-0.15, -0.1) is 10.2 Å². The molecule has 0 aliphatic carbocycles. The van der Waals surface area contributed by atoms with Crippen LogP contribution in [0.5, 0.6) is 0 Å². The summed E-state index contributed by atoms with van der Waals surface area (Å²) in [7, 11) is 0. The van der Waals surface area contributed by atoms with Gasteiger partial charge in [0.1, 0.15) is 12.4 Å². The van der Waals surface area contributed by atoms with E-state index in [1.54, 1.807) is 0 Å². The zero-order chi connectivity index (χ0) is 18.3. The Morgan fingerprint density at radius 3 is 2.58 bits per heavy atom. The molecule has 4 rings (SSSR count). The Morgan fingerprint density at radius 2 is 1.85 bits per heavy atom. The minimum atomic E-state index is -4.36. The fraction of sp³-hybridized carbons (Fsp3) is 0.471. The Morgan fingerprint density at radius 1 is 1.08 bits per heavy atom. The van der Waals surface area contributed by atoms with Crippen LogP contribution in [-0.2, 0) is 17.9 Å². The quantitative estimate of drug-likeness (QED) is 0.834. The van der Waals surface area contributed by atoms with E-state index in [1.807, 2.05) is 39.8 Å². The van der Waals surface area contributed by atoms with Crippen LogP contribution in [0.1, 0.15) is 12.2 Å². The predicted octanol–water partition coefficient (Wildman–Crippen LogP) is 1.92. The fourth-order valence-corrected chi connectivity index (χ4v) is 3.68. The van der Waals surface area contributed by atoms with Crippen molar-refractivity contribution in [2.45, 2.75) is 31.7 Å². The highest BCUT2D eigenvalue weighted by Gasteiger charge is 2.42. The van der Waals surface area contributed by atoms with E-state index < -0.39 is 24.7 Å². The van der Waals surface area contributed by atoms with E-state index in [1.165, 1.54) is 0 Å². The average Bonchev–Trinajstić information content (AvgIpc) is 3.18. The molecule has 2 aliphatic heterocycles. The lowest BCUT2D eigenvalue weighted by Gasteiger charge is -2.31. The van der Waals surface area contributed by atoms with E-state index >= 15 is 0 Å². The third-order valence-corrected chi connectivity index (χ3v) is 4.89. The molecule has 9 heteroatoms. The number of hydrogen-bond donors (Lipinski definition) is 0. The number of halogens is 3. The maximum Gasteiger partial charge on any atom is 0.406 e. The highest BCUT2D eigenvalue weighted by molar-refractivity contribution is 5.84. The Bertz CT molecular complexity index is 804. The molecule has 1 amide bonds. The molecule has 1 saturated heterocycles. The first-order chi connectivity index (χ1) is 12.4. The number of carbonyl (C=O) groups is 1. The van der Waals surface area contributed by atoms with Gasteiger partial charge in [0.25, 0.3) is 0 Å². The fourth-order valence-electron chi connectivity index (χ4n) is 3.68. The molecule has 138 valence electrons. The number of amides is 1. The van der Waals surface area contributed by atoms with Crippen LogP contribution in [0.3, 0.4) is 0 Å². The molecule has 2 aliphatic rings. The van der Waals surface area contributed by atoms with Gasteiger partial charge in [-0.25, -0.2) is 0 Å². The van der Waals surface area contributed by atoms with Gasteiger partial charge in [-0.05, 0) is 6.42 Å². The van der Waals surface area contributed by atoms with Crippen LogP contribution >= 0.6 is 0 Å². The second-order valence-corrected chi connectivity index (χ2v) is 6.61. The van der Waals surface area contributed by atoms with Crippen molar-refractivity contribution in [1.29, 1.82) is 0 Å². The second kappa shape index (κ2) is 6.39. The van der Waals surface area contributed by atoms with E-state index in [-0.39, 0.29) is 6.54 Å². The van der Waals surface area contributed by atoms with Gasteiger partial charge in [-0.3, -0.25) is 9.69 Å². The normalized spacial score (nSPS) is 21.3. The number of alkyl halides is 3. The lowest BCUT2D eigenvalue weighted by atomic mass is 10.1. The van der Waals surface area contributed by atoms with E-state index in [4.69, 9.17) is 0 Å². The molecule has 0 saturated carbocycles. The Balaban J connectivity index is 1.48. The van der Waals surface area contributed by atoms with Crippen LogP contribution < -0.4 is 0 Å². The summed E-state index contributed by atoms with van der Waals surface area (Å²) in [5.41, 5.74) is 0.966. The smallest absolute Gasteiger partial charge is 0.332 e. The second-order valence-electron chi connectivity index (χ2n) is 6.61. The average molecular weight is 365 g/mol. The highest BCUT2D eigenvalue weighted by atomic mass is 19.4. The molecule has 0 bridgehead atoms. The van der Waals surface area contributed by atoms with Crippen molar-refractivity contribution in [3.8, 4) is 11.4 Å². The third-order valence-electron chi connectivity index (χ3n) is 4.89. The summed E-state index contributed by atoms with van der Waals surface area (Å²) >= 11 is 0. The van der Waals surface area contributed by atoms with Crippen LogP contribution in [0.2, 0.25) is 0 Å². The number of hydrogen-bond acceptors (Lipinski definition) is 4. The first kappa shape index (κ1) is 17.0. The van der Waals surface area contributed by atoms with Crippen molar-refractivity contribution < 1.29 is 18.0 Å². The van der Waals surface area contributed by atoms with Crippen LogP contribution in [0, 0.1) is 0 Å². The maximum absolute atomic E-state index is 12.6. The van der Waals surface area contributed by atoms with Gasteiger partial charge < -0.3 is 9.47 Å². The predicted molar refractivity (Wildman–Crippen MR) is 86.9 cm³/mol. The van der Waals surface area contributed by atoms with Crippen molar-refractivity contribution in [3.63, 3.8) is 0 Å². The molecular formula is C17H18F3N5O. The van der Waals surface area contributed by atoms with Gasteiger partial charge in [-0.1, -0.05) is 30.3 Å². The number of nitrogens with zero attached hydrogens (tertiary/aromatic N) is 5. The van der Waals surface area contributed by atoms with E-state index in [0.717, 1.165) is 22.1 Å². The molecule has 1 atom stereocenters. The molecule has 2 aromatic rings. The van der Waals surface area contributed by atoms with Gasteiger partial charge in [0.2, 0.25) is 5.91 Å². The van der Waals surface area contributed by atoms with Crippen LogP contribution in [0.4, 0.5) is 13.2 Å². The number of benzene rings is 1. The summed E-state index contributed by atoms with van der Waals surface area (Å²) < 4.78 is 39.8. The molecule has 6 nitrogen and oxygen atoms in total. The molecule has 0 N–H and O–H groups in total. The minimum Gasteiger partial charge on any atom is -0.332 e. The molecule has 26 heavy (non-hydrogen) atoms. The summed E-state index contributed by atoms with van der Waals surface area (Å²) in [6.45, 7) is 0.568.